The minimum Gasteiger partial charge on any atom is -0.383 e. The Morgan fingerprint density at radius 1 is 0.902 bits per heavy atom. The summed E-state index contributed by atoms with van der Waals surface area (Å²) < 4.78 is 7.10. The van der Waals surface area contributed by atoms with Crippen molar-refractivity contribution in [3.63, 3.8) is 0 Å². The van der Waals surface area contributed by atoms with E-state index in [0.717, 1.165) is 47.2 Å². The van der Waals surface area contributed by atoms with Crippen LogP contribution in [0.1, 0.15) is 11.5 Å². The molecule has 0 radical (unpaired) electrons. The number of nitrogens with zero attached hydrogens (tertiary/aromatic N) is 4. The van der Waals surface area contributed by atoms with Crippen molar-refractivity contribution in [1.82, 2.24) is 25.0 Å². The third-order valence-corrected chi connectivity index (χ3v) is 7.73. The maximum Gasteiger partial charge on any atom is 0.319 e. The van der Waals surface area contributed by atoms with Gasteiger partial charge in [-0.3, -0.25) is 9.58 Å². The molecule has 3 aromatic carbocycles. The highest BCUT2D eigenvalue weighted by molar-refractivity contribution is 6.10. The standard InChI is InChI=1S/C33H34N6O2/c1-38-20-25(19-34-38)30-26-15-9-10-16-27(26)32(31(36-30)24-13-7-4-8-14-24)37-33(40)35-29-22-39(17-18-41-2)21-28(29)23-11-5-3-6-12-23/h3-16,19-20,28-29H,17-18,21-22H2,1-2H3,(H2,35,37,40)/t28-,29+/m0/s1. The zero-order valence-electron chi connectivity index (χ0n) is 23.3. The van der Waals surface area contributed by atoms with Crippen molar-refractivity contribution < 1.29 is 9.53 Å². The molecule has 8 nitrogen and oxygen atoms in total. The van der Waals surface area contributed by atoms with Crippen LogP contribution in [-0.4, -0.2) is 65.1 Å². The van der Waals surface area contributed by atoms with E-state index in [0.29, 0.717) is 18.0 Å². The second-order valence-corrected chi connectivity index (χ2v) is 10.5. The minimum atomic E-state index is -0.247. The molecule has 1 aliphatic rings. The third kappa shape index (κ3) is 5.70. The van der Waals surface area contributed by atoms with Gasteiger partial charge in [-0.25, -0.2) is 9.78 Å². The summed E-state index contributed by atoms with van der Waals surface area (Å²) in [6.07, 6.45) is 3.78. The van der Waals surface area contributed by atoms with E-state index >= 15 is 0 Å². The molecule has 0 saturated carbocycles. The van der Waals surface area contributed by atoms with Gasteiger partial charge in [0.05, 0.1) is 35.9 Å². The number of urea groups is 1. The molecule has 41 heavy (non-hydrogen) atoms. The SMILES string of the molecule is COCCN1C[C@@H](NC(=O)Nc2c(-c3ccccc3)nc(-c3cnn(C)c3)c3ccccc23)[C@H](c2ccccc2)C1. The summed E-state index contributed by atoms with van der Waals surface area (Å²) in [5.74, 6) is 0.176. The molecule has 0 unspecified atom stereocenters. The van der Waals surface area contributed by atoms with E-state index < -0.39 is 0 Å². The zero-order chi connectivity index (χ0) is 28.2. The summed E-state index contributed by atoms with van der Waals surface area (Å²) in [7, 11) is 3.61. The Kier molecular flexibility index (Phi) is 7.75. The third-order valence-electron chi connectivity index (χ3n) is 7.73. The highest BCUT2D eigenvalue weighted by Gasteiger charge is 2.35. The molecular formula is C33H34N6O2. The number of carbonyl (C=O) groups excluding carboxylic acids is 1. The van der Waals surface area contributed by atoms with Gasteiger partial charge in [-0.2, -0.15) is 5.10 Å². The fraction of sp³-hybridized carbons (Fsp3) is 0.242. The number of benzene rings is 3. The Hall–Kier alpha value is -4.53. The van der Waals surface area contributed by atoms with Crippen molar-refractivity contribution in [1.29, 1.82) is 0 Å². The van der Waals surface area contributed by atoms with Gasteiger partial charge in [0.2, 0.25) is 0 Å². The van der Waals surface area contributed by atoms with Crippen LogP contribution in [0.25, 0.3) is 33.3 Å². The Morgan fingerprint density at radius 3 is 2.32 bits per heavy atom. The summed E-state index contributed by atoms with van der Waals surface area (Å²) in [5, 5.41) is 12.8. The number of methoxy groups -OCH3 is 1. The predicted molar refractivity (Wildman–Crippen MR) is 163 cm³/mol. The van der Waals surface area contributed by atoms with E-state index in [1.54, 1.807) is 11.8 Å². The van der Waals surface area contributed by atoms with Gasteiger partial charge in [-0.1, -0.05) is 84.9 Å². The number of nitrogens with one attached hydrogen (secondary N) is 2. The first kappa shape index (κ1) is 26.7. The highest BCUT2D eigenvalue weighted by atomic mass is 16.5. The molecule has 1 fully saturated rings. The number of ether oxygens (including phenoxy) is 1. The Balaban J connectivity index is 1.36. The molecule has 2 aromatic heterocycles. The number of aryl methyl sites for hydroxylation is 1. The average Bonchev–Trinajstić information content (AvgIpc) is 3.62. The van der Waals surface area contributed by atoms with Crippen molar-refractivity contribution in [3.8, 4) is 22.5 Å². The number of likely N-dealkylation sites (tertiary alicyclic amines) is 1. The molecule has 0 bridgehead atoms. The van der Waals surface area contributed by atoms with Crippen molar-refractivity contribution in [2.45, 2.75) is 12.0 Å². The fourth-order valence-electron chi connectivity index (χ4n) is 5.75. The van der Waals surface area contributed by atoms with E-state index in [1.165, 1.54) is 5.56 Å². The number of pyridine rings is 1. The Labute approximate surface area is 240 Å². The monoisotopic (exact) mass is 546 g/mol. The van der Waals surface area contributed by atoms with E-state index in [2.05, 4.69) is 44.9 Å². The molecule has 6 rings (SSSR count). The number of carbonyl (C=O) groups is 1. The molecule has 2 amide bonds. The van der Waals surface area contributed by atoms with Crippen LogP contribution in [0.2, 0.25) is 0 Å². The van der Waals surface area contributed by atoms with E-state index in [-0.39, 0.29) is 18.0 Å². The van der Waals surface area contributed by atoms with Crippen LogP contribution in [0.15, 0.2) is 97.3 Å². The maximum atomic E-state index is 13.7. The predicted octanol–water partition coefficient (Wildman–Crippen LogP) is 5.54. The number of aromatic nitrogens is 3. The lowest BCUT2D eigenvalue weighted by molar-refractivity contribution is 0.159. The summed E-state index contributed by atoms with van der Waals surface area (Å²) in [6, 6.07) is 28.1. The van der Waals surface area contributed by atoms with Gasteiger partial charge in [-0.15, -0.1) is 0 Å². The molecule has 5 aromatic rings. The van der Waals surface area contributed by atoms with Crippen molar-refractivity contribution in [2.75, 3.05) is 38.7 Å². The Morgan fingerprint density at radius 2 is 1.61 bits per heavy atom. The van der Waals surface area contributed by atoms with Crippen molar-refractivity contribution >= 4 is 22.5 Å². The number of fused-ring (bicyclic) bond motifs is 1. The molecule has 2 N–H and O–H groups in total. The summed E-state index contributed by atoms with van der Waals surface area (Å²) in [4.78, 5) is 21.2. The van der Waals surface area contributed by atoms with Gasteiger partial charge in [0.1, 0.15) is 0 Å². The topological polar surface area (TPSA) is 84.3 Å². The van der Waals surface area contributed by atoms with Gasteiger partial charge in [0.15, 0.2) is 0 Å². The van der Waals surface area contributed by atoms with Gasteiger partial charge in [0, 0.05) is 67.8 Å². The van der Waals surface area contributed by atoms with Gasteiger partial charge >= 0.3 is 6.03 Å². The van der Waals surface area contributed by atoms with E-state index in [4.69, 9.17) is 9.72 Å². The maximum absolute atomic E-state index is 13.7. The van der Waals surface area contributed by atoms with Gasteiger partial charge in [-0.05, 0) is 5.56 Å². The van der Waals surface area contributed by atoms with Crippen LogP contribution >= 0.6 is 0 Å². The normalized spacial score (nSPS) is 17.1. The molecule has 1 aliphatic heterocycles. The summed E-state index contributed by atoms with van der Waals surface area (Å²) >= 11 is 0. The van der Waals surface area contributed by atoms with Crippen LogP contribution in [-0.2, 0) is 11.8 Å². The molecule has 0 aliphatic carbocycles. The van der Waals surface area contributed by atoms with Crippen LogP contribution in [0.5, 0.6) is 0 Å². The molecule has 2 atom stereocenters. The van der Waals surface area contributed by atoms with Gasteiger partial charge in [0.25, 0.3) is 0 Å². The molecule has 0 spiro atoms. The second kappa shape index (κ2) is 11.9. The quantitative estimate of drug-likeness (QED) is 0.267. The van der Waals surface area contributed by atoms with Crippen LogP contribution < -0.4 is 10.6 Å². The number of hydrogen-bond acceptors (Lipinski definition) is 5. The minimum absolute atomic E-state index is 0.0525. The first-order valence-corrected chi connectivity index (χ1v) is 13.9. The first-order chi connectivity index (χ1) is 20.1. The summed E-state index contributed by atoms with van der Waals surface area (Å²) in [5.41, 5.74) is 5.29. The molecule has 1 saturated heterocycles. The molecule has 208 valence electrons. The van der Waals surface area contributed by atoms with Crippen LogP contribution in [0.4, 0.5) is 10.5 Å². The van der Waals surface area contributed by atoms with Gasteiger partial charge < -0.3 is 15.4 Å². The van der Waals surface area contributed by atoms with Crippen LogP contribution in [0, 0.1) is 0 Å². The number of amides is 2. The van der Waals surface area contributed by atoms with Crippen molar-refractivity contribution in [3.05, 3.63) is 103 Å². The highest BCUT2D eigenvalue weighted by Crippen LogP contribution is 2.38. The summed E-state index contributed by atoms with van der Waals surface area (Å²) in [6.45, 7) is 3.09. The van der Waals surface area contributed by atoms with Crippen LogP contribution in [0.3, 0.4) is 0 Å². The van der Waals surface area contributed by atoms with E-state index in [1.807, 2.05) is 80.1 Å². The molecule has 3 heterocycles. The number of anilines is 1. The lowest BCUT2D eigenvalue weighted by Gasteiger charge is -2.22. The second-order valence-electron chi connectivity index (χ2n) is 10.5. The lowest BCUT2D eigenvalue weighted by atomic mass is 9.94. The zero-order valence-corrected chi connectivity index (χ0v) is 23.3. The number of hydrogen-bond donors (Lipinski definition) is 2. The lowest BCUT2D eigenvalue weighted by Crippen LogP contribution is -2.42. The van der Waals surface area contributed by atoms with Crippen molar-refractivity contribution in [2.24, 2.45) is 7.05 Å². The largest absolute Gasteiger partial charge is 0.383 e. The average molecular weight is 547 g/mol. The number of rotatable bonds is 8. The molecular weight excluding hydrogens is 512 g/mol. The first-order valence-electron chi connectivity index (χ1n) is 13.9. The fourth-order valence-corrected chi connectivity index (χ4v) is 5.75. The van der Waals surface area contributed by atoms with E-state index in [9.17, 15) is 4.79 Å². The smallest absolute Gasteiger partial charge is 0.319 e. The molecule has 8 heteroatoms. The Bertz CT molecular complexity index is 1640.